The molecule has 0 aromatic heterocycles. The summed E-state index contributed by atoms with van der Waals surface area (Å²) in [6.07, 6.45) is -4.11. The summed E-state index contributed by atoms with van der Waals surface area (Å²) < 4.78 is 34.9. The predicted molar refractivity (Wildman–Crippen MR) is 47.1 cm³/mol. The number of alkyl halides is 3. The molecule has 0 aromatic carbocycles. The molecule has 0 atom stereocenters. The lowest BCUT2D eigenvalue weighted by Gasteiger charge is -2.10. The predicted octanol–water partition coefficient (Wildman–Crippen LogP) is 0.968. The van der Waals surface area contributed by atoms with Crippen LogP contribution < -0.4 is 11.1 Å². The number of carbonyl (C=O) groups is 1. The van der Waals surface area contributed by atoms with Crippen LogP contribution in [0.4, 0.5) is 13.2 Å². The number of nitrogens with one attached hydrogen (secondary N) is 1. The first-order valence-corrected chi connectivity index (χ1v) is 3.97. The van der Waals surface area contributed by atoms with Gasteiger partial charge in [-0.05, 0) is 12.8 Å². The summed E-state index contributed by atoms with van der Waals surface area (Å²) in [4.78, 5) is 11.0. The smallest absolute Gasteiger partial charge is 0.354 e. The first-order valence-electron chi connectivity index (χ1n) is 3.97. The van der Waals surface area contributed by atoms with Crippen LogP contribution in [-0.2, 0) is 4.79 Å². The molecule has 0 radical (unpaired) electrons. The molecule has 1 saturated carbocycles. The highest BCUT2D eigenvalue weighted by Crippen LogP contribution is 2.32. The Morgan fingerprint density at radius 2 is 1.93 bits per heavy atom. The molecule has 0 spiro atoms. The van der Waals surface area contributed by atoms with Gasteiger partial charge in [0.05, 0.1) is 12.0 Å². The van der Waals surface area contributed by atoms with Crippen molar-refractivity contribution in [3.63, 3.8) is 0 Å². The van der Waals surface area contributed by atoms with Crippen LogP contribution in [0.25, 0.3) is 0 Å². The molecule has 1 amide bonds. The van der Waals surface area contributed by atoms with E-state index in [1.807, 2.05) is 0 Å². The average Bonchev–Trinajstić information content (AvgIpc) is 2.66. The summed E-state index contributed by atoms with van der Waals surface area (Å²) in [5, 5.41) is 2.16. The fraction of sp³-hybridized carbons (Fsp3) is 0.857. The van der Waals surface area contributed by atoms with Gasteiger partial charge in [0.15, 0.2) is 0 Å². The number of hydrogen-bond donors (Lipinski definition) is 2. The van der Waals surface area contributed by atoms with E-state index < -0.39 is 24.0 Å². The molecule has 1 fully saturated rings. The highest BCUT2D eigenvalue weighted by Gasteiger charge is 2.45. The van der Waals surface area contributed by atoms with Crippen molar-refractivity contribution in [1.82, 2.24) is 5.32 Å². The molecule has 84 valence electrons. The Kier molecular flexibility index (Phi) is 4.20. The third-order valence-electron chi connectivity index (χ3n) is 1.93. The van der Waals surface area contributed by atoms with E-state index in [4.69, 9.17) is 5.73 Å². The maximum Gasteiger partial charge on any atom is 0.390 e. The summed E-state index contributed by atoms with van der Waals surface area (Å²) in [5.74, 6) is -0.475. The number of halogens is 4. The van der Waals surface area contributed by atoms with Crippen molar-refractivity contribution in [2.45, 2.75) is 31.0 Å². The molecule has 14 heavy (non-hydrogen) atoms. The van der Waals surface area contributed by atoms with Crippen LogP contribution in [-0.4, -0.2) is 24.2 Å². The molecule has 1 rings (SSSR count). The fourth-order valence-electron chi connectivity index (χ4n) is 0.856. The molecule has 7 heteroatoms. The van der Waals surface area contributed by atoms with Crippen LogP contribution >= 0.6 is 12.4 Å². The van der Waals surface area contributed by atoms with E-state index in [-0.39, 0.29) is 19.0 Å². The lowest BCUT2D eigenvalue weighted by molar-refractivity contribution is -0.136. The number of amides is 1. The van der Waals surface area contributed by atoms with Crippen molar-refractivity contribution >= 4 is 18.3 Å². The molecular weight excluding hydrogens is 221 g/mol. The molecule has 0 aromatic rings. The Labute approximate surface area is 85.6 Å². The molecule has 3 N–H and O–H groups in total. The van der Waals surface area contributed by atoms with Crippen molar-refractivity contribution in [3.8, 4) is 0 Å². The van der Waals surface area contributed by atoms with Gasteiger partial charge in [-0.1, -0.05) is 0 Å². The van der Waals surface area contributed by atoms with Crippen LogP contribution in [0.2, 0.25) is 0 Å². The quantitative estimate of drug-likeness (QED) is 0.762. The summed E-state index contributed by atoms with van der Waals surface area (Å²) in [6, 6.07) is 0. The van der Waals surface area contributed by atoms with Gasteiger partial charge >= 0.3 is 6.18 Å². The molecule has 0 bridgehead atoms. The standard InChI is InChI=1S/C7H11F3N2O.ClH/c8-7(9,10)3-4-12-5(13)6(11)1-2-6;/h1-4,11H2,(H,12,13);1H. The van der Waals surface area contributed by atoms with Gasteiger partial charge in [-0.2, -0.15) is 13.2 Å². The average molecular weight is 233 g/mol. The molecule has 0 unspecified atom stereocenters. The van der Waals surface area contributed by atoms with E-state index in [9.17, 15) is 18.0 Å². The van der Waals surface area contributed by atoms with Gasteiger partial charge in [0.25, 0.3) is 0 Å². The topological polar surface area (TPSA) is 55.1 Å². The van der Waals surface area contributed by atoms with E-state index in [0.29, 0.717) is 12.8 Å². The molecule has 0 saturated heterocycles. The van der Waals surface area contributed by atoms with Crippen molar-refractivity contribution in [2.75, 3.05) is 6.54 Å². The van der Waals surface area contributed by atoms with Gasteiger partial charge in [-0.15, -0.1) is 12.4 Å². The van der Waals surface area contributed by atoms with Gasteiger partial charge in [-0.25, -0.2) is 0 Å². The Balaban J connectivity index is 0.00000169. The monoisotopic (exact) mass is 232 g/mol. The maximum absolute atomic E-state index is 11.6. The zero-order valence-electron chi connectivity index (χ0n) is 7.36. The third kappa shape index (κ3) is 4.15. The Morgan fingerprint density at radius 3 is 2.29 bits per heavy atom. The molecule has 0 aliphatic heterocycles. The zero-order valence-corrected chi connectivity index (χ0v) is 8.17. The molecule has 1 aliphatic carbocycles. The third-order valence-corrected chi connectivity index (χ3v) is 1.93. The highest BCUT2D eigenvalue weighted by molar-refractivity contribution is 5.88. The van der Waals surface area contributed by atoms with Crippen molar-refractivity contribution in [1.29, 1.82) is 0 Å². The minimum absolute atomic E-state index is 0. The molecule has 1 aliphatic rings. The minimum Gasteiger partial charge on any atom is -0.354 e. The number of hydrogen-bond acceptors (Lipinski definition) is 2. The Morgan fingerprint density at radius 1 is 1.43 bits per heavy atom. The molecule has 3 nitrogen and oxygen atoms in total. The SMILES string of the molecule is Cl.NC1(C(=O)NCCC(F)(F)F)CC1. The summed E-state index contributed by atoms with van der Waals surface area (Å²) >= 11 is 0. The van der Waals surface area contributed by atoms with Crippen molar-refractivity contribution in [2.24, 2.45) is 5.73 Å². The zero-order chi connectivity index (χ0) is 10.1. The number of carbonyl (C=O) groups excluding carboxylic acids is 1. The van der Waals surface area contributed by atoms with Crippen LogP contribution in [0.15, 0.2) is 0 Å². The first-order chi connectivity index (χ1) is 5.83. The largest absolute Gasteiger partial charge is 0.390 e. The summed E-state index contributed by atoms with van der Waals surface area (Å²) in [6.45, 7) is -0.388. The second kappa shape index (κ2) is 4.35. The van der Waals surface area contributed by atoms with Crippen molar-refractivity contribution < 1.29 is 18.0 Å². The van der Waals surface area contributed by atoms with E-state index in [0.717, 1.165) is 0 Å². The van der Waals surface area contributed by atoms with Crippen LogP contribution in [0.3, 0.4) is 0 Å². The lowest BCUT2D eigenvalue weighted by atomic mass is 10.2. The van der Waals surface area contributed by atoms with E-state index in [2.05, 4.69) is 5.32 Å². The maximum atomic E-state index is 11.6. The van der Waals surface area contributed by atoms with Gasteiger partial charge in [0.1, 0.15) is 0 Å². The summed E-state index contributed by atoms with van der Waals surface area (Å²) in [5.41, 5.74) is 4.56. The minimum atomic E-state index is -4.22. The van der Waals surface area contributed by atoms with Crippen LogP contribution in [0, 0.1) is 0 Å². The van der Waals surface area contributed by atoms with Gasteiger partial charge in [0.2, 0.25) is 5.91 Å². The normalized spacial score (nSPS) is 18.3. The van der Waals surface area contributed by atoms with E-state index in [1.165, 1.54) is 0 Å². The fourth-order valence-corrected chi connectivity index (χ4v) is 0.856. The van der Waals surface area contributed by atoms with Gasteiger partial charge < -0.3 is 11.1 Å². The number of rotatable bonds is 3. The Hall–Kier alpha value is -0.490. The van der Waals surface area contributed by atoms with Crippen molar-refractivity contribution in [3.05, 3.63) is 0 Å². The second-order valence-corrected chi connectivity index (χ2v) is 3.28. The number of nitrogens with two attached hydrogens (primary N) is 1. The van der Waals surface area contributed by atoms with Crippen LogP contribution in [0.1, 0.15) is 19.3 Å². The highest BCUT2D eigenvalue weighted by atomic mass is 35.5. The second-order valence-electron chi connectivity index (χ2n) is 3.28. The summed E-state index contributed by atoms with van der Waals surface area (Å²) in [7, 11) is 0. The molecular formula is C7H12ClF3N2O. The van der Waals surface area contributed by atoms with E-state index in [1.54, 1.807) is 0 Å². The Bertz CT molecular complexity index is 215. The lowest BCUT2D eigenvalue weighted by Crippen LogP contribution is -2.43. The molecule has 0 heterocycles. The van der Waals surface area contributed by atoms with Crippen LogP contribution in [0.5, 0.6) is 0 Å². The van der Waals surface area contributed by atoms with Gasteiger partial charge in [-0.3, -0.25) is 4.79 Å². The first kappa shape index (κ1) is 13.5. The van der Waals surface area contributed by atoms with Gasteiger partial charge in [0, 0.05) is 6.54 Å². The van der Waals surface area contributed by atoms with E-state index >= 15 is 0 Å².